The van der Waals surface area contributed by atoms with Crippen molar-refractivity contribution in [1.82, 2.24) is 0 Å². The van der Waals surface area contributed by atoms with Crippen LogP contribution in [0.15, 0.2) is 0 Å². The summed E-state index contributed by atoms with van der Waals surface area (Å²) in [7, 11) is 0. The van der Waals surface area contributed by atoms with Gasteiger partial charge in [0.25, 0.3) is 0 Å². The topological polar surface area (TPSA) is 0 Å². The second-order valence-corrected chi connectivity index (χ2v) is 3.72. The first kappa shape index (κ1) is 11.8. The van der Waals surface area contributed by atoms with Gasteiger partial charge in [0, 0.05) is 6.42 Å². The summed E-state index contributed by atoms with van der Waals surface area (Å²) in [5, 5.41) is 0. The third-order valence-corrected chi connectivity index (χ3v) is 1.90. The molecule has 0 radical (unpaired) electrons. The molecule has 0 aliphatic carbocycles. The fourth-order valence-electron chi connectivity index (χ4n) is 1.39. The van der Waals surface area contributed by atoms with Crippen molar-refractivity contribution < 1.29 is 13.2 Å². The molecule has 1 atom stereocenters. The molecule has 0 saturated heterocycles. The van der Waals surface area contributed by atoms with Gasteiger partial charge in [-0.3, -0.25) is 0 Å². The number of hydrogen-bond donors (Lipinski definition) is 0. The minimum Gasteiger partial charge on any atom is -0.171 e. The number of rotatable bonds is 4. The van der Waals surface area contributed by atoms with Gasteiger partial charge in [0.15, 0.2) is 0 Å². The lowest BCUT2D eigenvalue weighted by atomic mass is 9.92. The number of alkyl halides is 3. The Balaban J connectivity index is 3.83. The molecule has 0 bridgehead atoms. The van der Waals surface area contributed by atoms with E-state index in [1.165, 1.54) is 0 Å². The summed E-state index contributed by atoms with van der Waals surface area (Å²) in [6.45, 7) is 5.73. The molecule has 0 aliphatic heterocycles. The normalized spacial score (nSPS) is 15.2. The van der Waals surface area contributed by atoms with Gasteiger partial charge in [-0.15, -0.1) is 0 Å². The number of halogens is 3. The van der Waals surface area contributed by atoms with E-state index in [-0.39, 0.29) is 5.92 Å². The molecule has 0 heterocycles. The first-order valence-corrected chi connectivity index (χ1v) is 4.42. The third kappa shape index (κ3) is 6.50. The van der Waals surface area contributed by atoms with E-state index in [2.05, 4.69) is 0 Å². The van der Waals surface area contributed by atoms with E-state index < -0.39 is 12.6 Å². The Labute approximate surface area is 72.2 Å². The number of hydrogen-bond acceptors (Lipinski definition) is 0. The summed E-state index contributed by atoms with van der Waals surface area (Å²) in [4.78, 5) is 0. The molecule has 0 N–H and O–H groups in total. The summed E-state index contributed by atoms with van der Waals surface area (Å²) in [5.74, 6) is 0.169. The van der Waals surface area contributed by atoms with Crippen molar-refractivity contribution in [2.45, 2.75) is 46.2 Å². The van der Waals surface area contributed by atoms with Crippen LogP contribution in [0, 0.1) is 11.8 Å². The molecular weight excluding hydrogens is 165 g/mol. The highest BCUT2D eigenvalue weighted by Gasteiger charge is 2.31. The average molecular weight is 182 g/mol. The lowest BCUT2D eigenvalue weighted by Gasteiger charge is -2.18. The lowest BCUT2D eigenvalue weighted by Crippen LogP contribution is -2.16. The molecule has 0 aliphatic rings. The quantitative estimate of drug-likeness (QED) is 0.616. The van der Waals surface area contributed by atoms with Gasteiger partial charge in [-0.1, -0.05) is 27.2 Å². The zero-order valence-electron chi connectivity index (χ0n) is 7.91. The van der Waals surface area contributed by atoms with E-state index in [4.69, 9.17) is 0 Å². The predicted molar refractivity (Wildman–Crippen MR) is 43.9 cm³/mol. The van der Waals surface area contributed by atoms with Crippen LogP contribution in [0.2, 0.25) is 0 Å². The van der Waals surface area contributed by atoms with Crippen LogP contribution < -0.4 is 0 Å². The molecule has 0 amide bonds. The van der Waals surface area contributed by atoms with Crippen LogP contribution in [0.5, 0.6) is 0 Å². The third-order valence-electron chi connectivity index (χ3n) is 1.90. The monoisotopic (exact) mass is 182 g/mol. The molecule has 0 aromatic carbocycles. The Morgan fingerprint density at radius 3 is 1.92 bits per heavy atom. The maximum Gasteiger partial charge on any atom is 0.389 e. The van der Waals surface area contributed by atoms with E-state index in [0.29, 0.717) is 18.8 Å². The summed E-state index contributed by atoms with van der Waals surface area (Å²) in [5.41, 5.74) is 0. The van der Waals surface area contributed by atoms with Gasteiger partial charge < -0.3 is 0 Å². The van der Waals surface area contributed by atoms with Crippen LogP contribution >= 0.6 is 0 Å². The van der Waals surface area contributed by atoms with Gasteiger partial charge in [0.05, 0.1) is 0 Å². The van der Waals surface area contributed by atoms with E-state index in [0.717, 1.165) is 0 Å². The van der Waals surface area contributed by atoms with Gasteiger partial charge >= 0.3 is 6.18 Å². The Bertz CT molecular complexity index is 115. The predicted octanol–water partition coefficient (Wildman–Crippen LogP) is 4.01. The standard InChI is InChI=1S/C9H17F3/c1-4-8(5-7(2)3)6-9(10,11)12/h7-8H,4-6H2,1-3H3/t8-/m1/s1. The van der Waals surface area contributed by atoms with Crippen molar-refractivity contribution >= 4 is 0 Å². The van der Waals surface area contributed by atoms with Crippen LogP contribution in [-0.2, 0) is 0 Å². The Morgan fingerprint density at radius 1 is 1.17 bits per heavy atom. The smallest absolute Gasteiger partial charge is 0.171 e. The SMILES string of the molecule is CC[C@H](CC(C)C)CC(F)(F)F. The molecule has 74 valence electrons. The molecule has 3 heteroatoms. The van der Waals surface area contributed by atoms with Crippen molar-refractivity contribution in [2.75, 3.05) is 0 Å². The second-order valence-electron chi connectivity index (χ2n) is 3.72. The summed E-state index contributed by atoms with van der Waals surface area (Å²) in [6.07, 6.45) is -3.31. The van der Waals surface area contributed by atoms with Crippen molar-refractivity contribution in [3.8, 4) is 0 Å². The molecule has 0 saturated carbocycles. The minimum absolute atomic E-state index is 0.190. The van der Waals surface area contributed by atoms with Crippen LogP contribution in [0.1, 0.15) is 40.0 Å². The first-order chi connectivity index (χ1) is 5.35. The van der Waals surface area contributed by atoms with Crippen LogP contribution in [-0.4, -0.2) is 6.18 Å². The van der Waals surface area contributed by atoms with Crippen LogP contribution in [0.3, 0.4) is 0 Å². The highest BCUT2D eigenvalue weighted by Crippen LogP contribution is 2.30. The van der Waals surface area contributed by atoms with Gasteiger partial charge in [0.1, 0.15) is 0 Å². The molecule has 0 fully saturated rings. The zero-order valence-corrected chi connectivity index (χ0v) is 7.91. The van der Waals surface area contributed by atoms with E-state index >= 15 is 0 Å². The molecule has 0 aromatic heterocycles. The first-order valence-electron chi connectivity index (χ1n) is 4.42. The minimum atomic E-state index is -3.99. The molecule has 0 rings (SSSR count). The lowest BCUT2D eigenvalue weighted by molar-refractivity contribution is -0.145. The Hall–Kier alpha value is -0.210. The van der Waals surface area contributed by atoms with Crippen molar-refractivity contribution in [2.24, 2.45) is 11.8 Å². The molecule has 0 spiro atoms. The maximum atomic E-state index is 11.9. The van der Waals surface area contributed by atoms with E-state index in [1.54, 1.807) is 0 Å². The highest BCUT2D eigenvalue weighted by molar-refractivity contribution is 4.64. The maximum absolute atomic E-state index is 11.9. The Morgan fingerprint density at radius 2 is 1.67 bits per heavy atom. The van der Waals surface area contributed by atoms with Gasteiger partial charge in [-0.05, 0) is 18.3 Å². The van der Waals surface area contributed by atoms with E-state index in [9.17, 15) is 13.2 Å². The second kappa shape index (κ2) is 4.73. The van der Waals surface area contributed by atoms with Crippen molar-refractivity contribution in [3.63, 3.8) is 0 Å². The van der Waals surface area contributed by atoms with Gasteiger partial charge in [-0.25, -0.2) is 0 Å². The fraction of sp³-hybridized carbons (Fsp3) is 1.00. The molecule has 0 aromatic rings. The zero-order chi connectivity index (χ0) is 9.78. The fourth-order valence-corrected chi connectivity index (χ4v) is 1.39. The van der Waals surface area contributed by atoms with E-state index in [1.807, 2.05) is 20.8 Å². The molecule has 0 nitrogen and oxygen atoms in total. The summed E-state index contributed by atoms with van der Waals surface area (Å²) < 4.78 is 35.8. The Kier molecular flexibility index (Phi) is 4.64. The van der Waals surface area contributed by atoms with Gasteiger partial charge in [0.2, 0.25) is 0 Å². The van der Waals surface area contributed by atoms with Gasteiger partial charge in [-0.2, -0.15) is 13.2 Å². The largest absolute Gasteiger partial charge is 0.389 e. The van der Waals surface area contributed by atoms with Crippen LogP contribution in [0.25, 0.3) is 0 Å². The summed E-state index contributed by atoms with van der Waals surface area (Å²) >= 11 is 0. The van der Waals surface area contributed by atoms with Crippen molar-refractivity contribution in [1.29, 1.82) is 0 Å². The molecule has 12 heavy (non-hydrogen) atoms. The average Bonchev–Trinajstić information content (AvgIpc) is 1.82. The highest BCUT2D eigenvalue weighted by atomic mass is 19.4. The van der Waals surface area contributed by atoms with Crippen molar-refractivity contribution in [3.05, 3.63) is 0 Å². The summed E-state index contributed by atoms with van der Waals surface area (Å²) in [6, 6.07) is 0. The van der Waals surface area contributed by atoms with Crippen LogP contribution in [0.4, 0.5) is 13.2 Å². The molecular formula is C9H17F3. The molecule has 0 unspecified atom stereocenters.